The smallest absolute Gasteiger partial charge is 0.238 e. The van der Waals surface area contributed by atoms with Gasteiger partial charge in [0.15, 0.2) is 0 Å². The minimum absolute atomic E-state index is 0.0742. The first kappa shape index (κ1) is 14.6. The minimum Gasteiger partial charge on any atom is -0.508 e. The zero-order valence-corrected chi connectivity index (χ0v) is 11.3. The summed E-state index contributed by atoms with van der Waals surface area (Å²) in [5.41, 5.74) is 6.64. The number of nitrogens with one attached hydrogen (secondary N) is 2. The summed E-state index contributed by atoms with van der Waals surface area (Å²) in [4.78, 5) is 11.8. The van der Waals surface area contributed by atoms with Crippen molar-refractivity contribution in [1.29, 1.82) is 5.26 Å². The van der Waals surface area contributed by atoms with Crippen molar-refractivity contribution in [2.45, 2.75) is 12.5 Å². The molecule has 0 saturated heterocycles. The van der Waals surface area contributed by atoms with Gasteiger partial charge in [-0.05, 0) is 23.3 Å². The second-order valence-corrected chi connectivity index (χ2v) is 4.51. The fourth-order valence-corrected chi connectivity index (χ4v) is 1.87. The minimum atomic E-state index is -0.725. The van der Waals surface area contributed by atoms with Crippen LogP contribution in [0.25, 0.3) is 0 Å². The largest absolute Gasteiger partial charge is 0.508 e. The van der Waals surface area contributed by atoms with Gasteiger partial charge in [0.25, 0.3) is 0 Å². The summed E-state index contributed by atoms with van der Waals surface area (Å²) in [6.07, 6.45) is 0.228. The summed E-state index contributed by atoms with van der Waals surface area (Å²) in [7, 11) is 0. The molecular formula is C16H15N3O2. The van der Waals surface area contributed by atoms with Gasteiger partial charge in [-0.15, -0.1) is 0 Å². The number of carbonyl (C=O) groups excluding carboxylic acids is 1. The molecule has 2 rings (SSSR count). The highest BCUT2D eigenvalue weighted by Gasteiger charge is 2.12. The number of rotatable bonds is 5. The number of phenols is 1. The monoisotopic (exact) mass is 281 g/mol. The summed E-state index contributed by atoms with van der Waals surface area (Å²) in [6.45, 7) is 0. The van der Waals surface area contributed by atoms with E-state index in [1.54, 1.807) is 12.1 Å². The van der Waals surface area contributed by atoms with Crippen LogP contribution < -0.4 is 10.9 Å². The number of aromatic hydroxyl groups is 1. The Bertz CT molecular complexity index is 650. The third kappa shape index (κ3) is 4.34. The molecule has 106 valence electrons. The number of amides is 1. The quantitative estimate of drug-likeness (QED) is 0.730. The van der Waals surface area contributed by atoms with Gasteiger partial charge in [0, 0.05) is 0 Å². The highest BCUT2D eigenvalue weighted by Crippen LogP contribution is 2.17. The van der Waals surface area contributed by atoms with Crippen molar-refractivity contribution >= 4 is 5.91 Å². The molecule has 0 radical (unpaired) electrons. The van der Waals surface area contributed by atoms with Crippen molar-refractivity contribution < 1.29 is 9.90 Å². The van der Waals surface area contributed by atoms with Crippen molar-refractivity contribution in [3.05, 3.63) is 65.7 Å². The van der Waals surface area contributed by atoms with E-state index in [-0.39, 0.29) is 18.1 Å². The fraction of sp³-hybridized carbons (Fsp3) is 0.125. The number of hydrazine groups is 1. The molecular weight excluding hydrogens is 266 g/mol. The summed E-state index contributed by atoms with van der Waals surface area (Å²) < 4.78 is 0. The number of phenolic OH excluding ortho intramolecular Hbond substituents is 1. The second-order valence-electron chi connectivity index (χ2n) is 4.51. The molecule has 21 heavy (non-hydrogen) atoms. The van der Waals surface area contributed by atoms with E-state index in [2.05, 4.69) is 10.9 Å². The van der Waals surface area contributed by atoms with E-state index >= 15 is 0 Å². The Kier molecular flexibility index (Phi) is 4.91. The number of benzene rings is 2. The van der Waals surface area contributed by atoms with Gasteiger partial charge in [-0.1, -0.05) is 42.5 Å². The van der Waals surface area contributed by atoms with E-state index in [0.29, 0.717) is 5.56 Å². The van der Waals surface area contributed by atoms with E-state index < -0.39 is 6.04 Å². The Morgan fingerprint density at radius 3 is 2.62 bits per heavy atom. The van der Waals surface area contributed by atoms with Crippen LogP contribution in [0.5, 0.6) is 5.75 Å². The lowest BCUT2D eigenvalue weighted by molar-refractivity contribution is -0.121. The topological polar surface area (TPSA) is 85.2 Å². The molecule has 0 bridgehead atoms. The van der Waals surface area contributed by atoms with E-state index in [4.69, 9.17) is 5.26 Å². The van der Waals surface area contributed by atoms with Crippen LogP contribution in [0.4, 0.5) is 0 Å². The molecule has 2 aromatic carbocycles. The third-order valence-corrected chi connectivity index (χ3v) is 2.90. The summed E-state index contributed by atoms with van der Waals surface area (Å²) in [6, 6.07) is 17.0. The molecule has 0 aromatic heterocycles. The number of carbonyl (C=O) groups is 1. The van der Waals surface area contributed by atoms with E-state index in [1.165, 1.54) is 12.1 Å². The molecule has 0 spiro atoms. The molecule has 0 aliphatic carbocycles. The summed E-state index contributed by atoms with van der Waals surface area (Å²) in [5, 5.41) is 18.5. The first-order chi connectivity index (χ1) is 10.2. The average Bonchev–Trinajstić information content (AvgIpc) is 2.49. The lowest BCUT2D eigenvalue weighted by atomic mass is 10.1. The molecule has 0 aliphatic heterocycles. The zero-order chi connectivity index (χ0) is 15.1. The second kappa shape index (κ2) is 7.08. The van der Waals surface area contributed by atoms with Crippen LogP contribution in [-0.4, -0.2) is 11.0 Å². The van der Waals surface area contributed by atoms with Gasteiger partial charge in [0.05, 0.1) is 12.5 Å². The zero-order valence-electron chi connectivity index (χ0n) is 11.3. The summed E-state index contributed by atoms with van der Waals surface area (Å²) >= 11 is 0. The van der Waals surface area contributed by atoms with Gasteiger partial charge >= 0.3 is 0 Å². The van der Waals surface area contributed by atoms with E-state index in [1.807, 2.05) is 36.4 Å². The summed E-state index contributed by atoms with van der Waals surface area (Å²) in [5.74, 6) is -0.160. The van der Waals surface area contributed by atoms with Crippen LogP contribution in [-0.2, 0) is 11.2 Å². The molecule has 5 nitrogen and oxygen atoms in total. The van der Waals surface area contributed by atoms with Gasteiger partial charge in [0.2, 0.25) is 5.91 Å². The highest BCUT2D eigenvalue weighted by molar-refractivity contribution is 5.78. The molecule has 0 aliphatic rings. The molecule has 1 amide bonds. The van der Waals surface area contributed by atoms with Gasteiger partial charge < -0.3 is 5.11 Å². The molecule has 1 atom stereocenters. The predicted octanol–water partition coefficient (Wildman–Crippen LogP) is 1.82. The van der Waals surface area contributed by atoms with Crippen molar-refractivity contribution in [2.24, 2.45) is 0 Å². The van der Waals surface area contributed by atoms with Crippen LogP contribution >= 0.6 is 0 Å². The van der Waals surface area contributed by atoms with Gasteiger partial charge in [-0.3, -0.25) is 10.2 Å². The number of hydrogen-bond acceptors (Lipinski definition) is 4. The maximum atomic E-state index is 11.8. The van der Waals surface area contributed by atoms with Gasteiger partial charge in [-0.25, -0.2) is 5.43 Å². The van der Waals surface area contributed by atoms with Crippen LogP contribution in [0.1, 0.15) is 17.2 Å². The molecule has 5 heteroatoms. The molecule has 0 saturated carbocycles. The van der Waals surface area contributed by atoms with Gasteiger partial charge in [0.1, 0.15) is 11.8 Å². The standard InChI is InChI=1S/C16H15N3O2/c17-11-15(13-7-4-8-14(20)10-13)18-19-16(21)9-12-5-2-1-3-6-12/h1-8,10,15,18,20H,9H2,(H,19,21)/t15-/m1/s1. The van der Waals surface area contributed by atoms with Gasteiger partial charge in [-0.2, -0.15) is 5.26 Å². The third-order valence-electron chi connectivity index (χ3n) is 2.90. The van der Waals surface area contributed by atoms with Crippen molar-refractivity contribution in [1.82, 2.24) is 10.9 Å². The maximum Gasteiger partial charge on any atom is 0.238 e. The Labute approximate surface area is 122 Å². The van der Waals surface area contributed by atoms with Crippen LogP contribution in [0, 0.1) is 11.3 Å². The van der Waals surface area contributed by atoms with Crippen molar-refractivity contribution in [3.8, 4) is 11.8 Å². The normalized spacial score (nSPS) is 11.4. The SMILES string of the molecule is N#C[C@@H](NNC(=O)Cc1ccccc1)c1cccc(O)c1. The molecule has 2 aromatic rings. The fourth-order valence-electron chi connectivity index (χ4n) is 1.87. The van der Waals surface area contributed by atoms with Crippen molar-refractivity contribution in [3.63, 3.8) is 0 Å². The Morgan fingerprint density at radius 1 is 1.19 bits per heavy atom. The lowest BCUT2D eigenvalue weighted by Gasteiger charge is -2.13. The predicted molar refractivity (Wildman–Crippen MR) is 77.9 cm³/mol. The molecule has 0 fully saturated rings. The Hall–Kier alpha value is -2.84. The first-order valence-electron chi connectivity index (χ1n) is 6.46. The lowest BCUT2D eigenvalue weighted by Crippen LogP contribution is -2.40. The van der Waals surface area contributed by atoms with Crippen LogP contribution in [0.15, 0.2) is 54.6 Å². The number of nitriles is 1. The first-order valence-corrected chi connectivity index (χ1v) is 6.46. The molecule has 0 heterocycles. The average molecular weight is 281 g/mol. The number of hydrogen-bond donors (Lipinski definition) is 3. The van der Waals surface area contributed by atoms with E-state index in [9.17, 15) is 9.90 Å². The van der Waals surface area contributed by atoms with Crippen LogP contribution in [0.3, 0.4) is 0 Å². The van der Waals surface area contributed by atoms with Crippen molar-refractivity contribution in [2.75, 3.05) is 0 Å². The number of nitrogens with zero attached hydrogens (tertiary/aromatic N) is 1. The maximum absolute atomic E-state index is 11.8. The van der Waals surface area contributed by atoms with E-state index in [0.717, 1.165) is 5.56 Å². The Balaban J connectivity index is 1.92. The molecule has 3 N–H and O–H groups in total. The van der Waals surface area contributed by atoms with Crippen LogP contribution in [0.2, 0.25) is 0 Å². The Morgan fingerprint density at radius 2 is 1.95 bits per heavy atom. The highest BCUT2D eigenvalue weighted by atomic mass is 16.3. The molecule has 0 unspecified atom stereocenters.